The first kappa shape index (κ1) is 13.9. The fourth-order valence-electron chi connectivity index (χ4n) is 0.911. The van der Waals surface area contributed by atoms with E-state index in [4.69, 9.17) is 14.2 Å². The van der Waals surface area contributed by atoms with Gasteiger partial charge in [0.05, 0.1) is 32.5 Å². The van der Waals surface area contributed by atoms with Crippen molar-refractivity contribution in [2.24, 2.45) is 0 Å². The van der Waals surface area contributed by atoms with Crippen LogP contribution in [-0.2, 0) is 14.2 Å². The van der Waals surface area contributed by atoms with E-state index in [9.17, 15) is 0 Å². The molecule has 0 rings (SSSR count). The molecule has 0 saturated carbocycles. The summed E-state index contributed by atoms with van der Waals surface area (Å²) in [5, 5.41) is 0. The second-order valence-corrected chi connectivity index (χ2v) is 3.50. The third kappa shape index (κ3) is 11.9. The Bertz CT molecular complexity index is 105. The van der Waals surface area contributed by atoms with Gasteiger partial charge in [0, 0.05) is 6.61 Å². The Morgan fingerprint density at radius 2 is 1.43 bits per heavy atom. The largest absolute Gasteiger partial charge is 0.379 e. The summed E-state index contributed by atoms with van der Waals surface area (Å²) in [5.74, 6) is 0. The first-order chi connectivity index (χ1) is 6.77. The molecule has 0 aliphatic rings. The monoisotopic (exact) mass is 204 g/mol. The minimum Gasteiger partial charge on any atom is -0.379 e. The van der Waals surface area contributed by atoms with Crippen LogP contribution in [0.15, 0.2) is 0 Å². The van der Waals surface area contributed by atoms with Crippen LogP contribution < -0.4 is 0 Å². The second-order valence-electron chi connectivity index (χ2n) is 3.50. The van der Waals surface area contributed by atoms with E-state index in [2.05, 4.69) is 6.92 Å². The maximum atomic E-state index is 5.34. The number of ether oxygens (including phenoxy) is 3. The van der Waals surface area contributed by atoms with E-state index in [1.165, 1.54) is 6.42 Å². The molecule has 0 heterocycles. The molecule has 3 nitrogen and oxygen atoms in total. The summed E-state index contributed by atoms with van der Waals surface area (Å²) in [7, 11) is 0. The van der Waals surface area contributed by atoms with Gasteiger partial charge in [-0.3, -0.25) is 0 Å². The van der Waals surface area contributed by atoms with Crippen LogP contribution in [0.2, 0.25) is 0 Å². The van der Waals surface area contributed by atoms with E-state index in [0.717, 1.165) is 13.0 Å². The molecule has 0 amide bonds. The van der Waals surface area contributed by atoms with Crippen molar-refractivity contribution in [2.75, 3.05) is 33.0 Å². The van der Waals surface area contributed by atoms with Crippen molar-refractivity contribution >= 4 is 0 Å². The van der Waals surface area contributed by atoms with E-state index in [0.29, 0.717) is 32.5 Å². The molecule has 86 valence electrons. The zero-order valence-electron chi connectivity index (χ0n) is 9.75. The van der Waals surface area contributed by atoms with Crippen LogP contribution in [0.4, 0.5) is 0 Å². The van der Waals surface area contributed by atoms with Gasteiger partial charge in [0.15, 0.2) is 0 Å². The van der Waals surface area contributed by atoms with Gasteiger partial charge in [-0.2, -0.15) is 0 Å². The smallest absolute Gasteiger partial charge is 0.0703 e. The highest BCUT2D eigenvalue weighted by atomic mass is 16.5. The zero-order chi connectivity index (χ0) is 10.6. The predicted octanol–water partition coefficient (Wildman–Crippen LogP) is 2.24. The first-order valence-corrected chi connectivity index (χ1v) is 5.54. The van der Waals surface area contributed by atoms with E-state index < -0.39 is 0 Å². The summed E-state index contributed by atoms with van der Waals surface area (Å²) in [6.07, 6.45) is 2.61. The normalized spacial score (nSPS) is 11.1. The van der Waals surface area contributed by atoms with Crippen molar-refractivity contribution in [1.82, 2.24) is 0 Å². The molecule has 0 aromatic carbocycles. The van der Waals surface area contributed by atoms with E-state index in [1.807, 2.05) is 13.8 Å². The van der Waals surface area contributed by atoms with Crippen LogP contribution in [0, 0.1) is 0 Å². The molecule has 0 unspecified atom stereocenters. The summed E-state index contributed by atoms with van der Waals surface area (Å²) in [6.45, 7) is 9.75. The summed E-state index contributed by atoms with van der Waals surface area (Å²) in [5.41, 5.74) is 0. The summed E-state index contributed by atoms with van der Waals surface area (Å²) >= 11 is 0. The van der Waals surface area contributed by atoms with Crippen molar-refractivity contribution in [1.29, 1.82) is 0 Å². The second kappa shape index (κ2) is 11.0. The zero-order valence-corrected chi connectivity index (χ0v) is 9.75. The SMILES string of the molecule is CCCCOCCOCCOC(C)C. The van der Waals surface area contributed by atoms with Crippen molar-refractivity contribution in [2.45, 2.75) is 39.7 Å². The molecule has 0 fully saturated rings. The van der Waals surface area contributed by atoms with E-state index >= 15 is 0 Å². The molecule has 3 heteroatoms. The van der Waals surface area contributed by atoms with Gasteiger partial charge in [-0.25, -0.2) is 0 Å². The molecule has 0 atom stereocenters. The standard InChI is InChI=1S/C11H24O3/c1-4-5-6-12-7-8-13-9-10-14-11(2)3/h11H,4-10H2,1-3H3. The van der Waals surface area contributed by atoms with Gasteiger partial charge in [-0.1, -0.05) is 13.3 Å². The molecule has 0 N–H and O–H groups in total. The lowest BCUT2D eigenvalue weighted by atomic mass is 10.4. The number of rotatable bonds is 10. The fourth-order valence-corrected chi connectivity index (χ4v) is 0.911. The molecule has 0 radical (unpaired) electrons. The average molecular weight is 204 g/mol. The Labute approximate surface area is 87.7 Å². The maximum Gasteiger partial charge on any atom is 0.0703 e. The van der Waals surface area contributed by atoms with Gasteiger partial charge in [-0.15, -0.1) is 0 Å². The molecule has 0 bridgehead atoms. The lowest BCUT2D eigenvalue weighted by molar-refractivity contribution is -0.00172. The molecular weight excluding hydrogens is 180 g/mol. The number of unbranched alkanes of at least 4 members (excludes halogenated alkanes) is 1. The minimum atomic E-state index is 0.291. The first-order valence-electron chi connectivity index (χ1n) is 5.54. The Balaban J connectivity index is 2.85. The molecule has 0 aliphatic carbocycles. The Morgan fingerprint density at radius 3 is 2.00 bits per heavy atom. The lowest BCUT2D eigenvalue weighted by Gasteiger charge is -2.08. The number of hydrogen-bond donors (Lipinski definition) is 0. The third-order valence-corrected chi connectivity index (χ3v) is 1.69. The Morgan fingerprint density at radius 1 is 0.857 bits per heavy atom. The summed E-state index contributed by atoms with van der Waals surface area (Å²) < 4.78 is 16.0. The quantitative estimate of drug-likeness (QED) is 0.511. The molecule has 0 spiro atoms. The van der Waals surface area contributed by atoms with Crippen LogP contribution in [0.1, 0.15) is 33.6 Å². The van der Waals surface area contributed by atoms with Crippen LogP contribution in [-0.4, -0.2) is 39.1 Å². The number of hydrogen-bond acceptors (Lipinski definition) is 3. The van der Waals surface area contributed by atoms with Gasteiger partial charge in [-0.05, 0) is 20.3 Å². The molecule has 0 saturated heterocycles. The lowest BCUT2D eigenvalue weighted by Crippen LogP contribution is -2.12. The van der Waals surface area contributed by atoms with Crippen LogP contribution in [0.5, 0.6) is 0 Å². The summed E-state index contributed by atoms with van der Waals surface area (Å²) in [6, 6.07) is 0. The molecular formula is C11H24O3. The van der Waals surface area contributed by atoms with Crippen LogP contribution in [0.25, 0.3) is 0 Å². The van der Waals surface area contributed by atoms with Gasteiger partial charge < -0.3 is 14.2 Å². The molecule has 14 heavy (non-hydrogen) atoms. The van der Waals surface area contributed by atoms with Crippen molar-refractivity contribution < 1.29 is 14.2 Å². The highest BCUT2D eigenvalue weighted by Crippen LogP contribution is 1.89. The summed E-state index contributed by atoms with van der Waals surface area (Å²) in [4.78, 5) is 0. The van der Waals surface area contributed by atoms with Crippen LogP contribution >= 0.6 is 0 Å². The van der Waals surface area contributed by atoms with Crippen LogP contribution in [0.3, 0.4) is 0 Å². The topological polar surface area (TPSA) is 27.7 Å². The van der Waals surface area contributed by atoms with Crippen molar-refractivity contribution in [3.05, 3.63) is 0 Å². The third-order valence-electron chi connectivity index (χ3n) is 1.69. The van der Waals surface area contributed by atoms with Crippen molar-refractivity contribution in [3.8, 4) is 0 Å². The fraction of sp³-hybridized carbons (Fsp3) is 1.00. The predicted molar refractivity (Wildman–Crippen MR) is 57.6 cm³/mol. The highest BCUT2D eigenvalue weighted by molar-refractivity contribution is 4.37. The van der Waals surface area contributed by atoms with Crippen molar-refractivity contribution in [3.63, 3.8) is 0 Å². The molecule has 0 aromatic heterocycles. The van der Waals surface area contributed by atoms with Gasteiger partial charge in [0.1, 0.15) is 0 Å². The van der Waals surface area contributed by atoms with Gasteiger partial charge in [0.25, 0.3) is 0 Å². The molecule has 0 aliphatic heterocycles. The maximum absolute atomic E-state index is 5.34. The minimum absolute atomic E-state index is 0.291. The van der Waals surface area contributed by atoms with Gasteiger partial charge in [0.2, 0.25) is 0 Å². The highest BCUT2D eigenvalue weighted by Gasteiger charge is 1.93. The van der Waals surface area contributed by atoms with E-state index in [1.54, 1.807) is 0 Å². The molecule has 0 aromatic rings. The average Bonchev–Trinajstić information content (AvgIpc) is 2.15. The Kier molecular flexibility index (Phi) is 10.9. The van der Waals surface area contributed by atoms with Gasteiger partial charge >= 0.3 is 0 Å². The Hall–Kier alpha value is -0.120. The van der Waals surface area contributed by atoms with E-state index in [-0.39, 0.29) is 0 Å².